The molecule has 0 saturated heterocycles. The molecule has 0 atom stereocenters. The average Bonchev–Trinajstić information content (AvgIpc) is 3.39. The van der Waals surface area contributed by atoms with Gasteiger partial charge in [0.25, 0.3) is 0 Å². The number of hydrogen-bond acceptors (Lipinski definition) is 7. The minimum Gasteiger partial charge on any atom is -0.497 e. The van der Waals surface area contributed by atoms with Crippen molar-refractivity contribution in [1.82, 2.24) is 19.7 Å². The summed E-state index contributed by atoms with van der Waals surface area (Å²) in [6, 6.07) is 10.9. The molecule has 0 fully saturated rings. The van der Waals surface area contributed by atoms with E-state index in [2.05, 4.69) is 20.4 Å². The van der Waals surface area contributed by atoms with Crippen molar-refractivity contribution in [2.24, 2.45) is 0 Å². The van der Waals surface area contributed by atoms with E-state index in [-0.39, 0.29) is 5.82 Å². The van der Waals surface area contributed by atoms with Crippen molar-refractivity contribution in [2.45, 2.75) is 20.1 Å². The Morgan fingerprint density at radius 1 is 1.10 bits per heavy atom. The van der Waals surface area contributed by atoms with Gasteiger partial charge in [-0.25, -0.2) is 14.4 Å². The number of aromatic nitrogens is 4. The standard InChI is InChI=1S/C22H22FN5O2S/c1-14-4-9-18(23)21(25-14)27-22-26-19(13-31-22)17-10-24-28(20(17)12-29-2)11-15-5-7-16(30-3)8-6-15/h4-10,13H,11-12H2,1-3H3,(H,25,26,27). The van der Waals surface area contributed by atoms with E-state index in [1.165, 1.54) is 17.4 Å². The number of thiazole rings is 1. The van der Waals surface area contributed by atoms with Gasteiger partial charge in [-0.05, 0) is 36.8 Å². The molecule has 3 aromatic heterocycles. The zero-order valence-electron chi connectivity index (χ0n) is 17.4. The fourth-order valence-electron chi connectivity index (χ4n) is 3.14. The Balaban J connectivity index is 1.58. The number of hydrogen-bond donors (Lipinski definition) is 1. The predicted molar refractivity (Wildman–Crippen MR) is 118 cm³/mol. The number of nitrogens with zero attached hydrogens (tertiary/aromatic N) is 4. The van der Waals surface area contributed by atoms with E-state index in [4.69, 9.17) is 9.47 Å². The Labute approximate surface area is 183 Å². The fourth-order valence-corrected chi connectivity index (χ4v) is 3.85. The molecular weight excluding hydrogens is 417 g/mol. The number of pyridine rings is 1. The van der Waals surface area contributed by atoms with Crippen LogP contribution in [-0.4, -0.2) is 34.0 Å². The van der Waals surface area contributed by atoms with E-state index in [1.54, 1.807) is 26.5 Å². The first-order valence-electron chi connectivity index (χ1n) is 9.60. The summed E-state index contributed by atoms with van der Waals surface area (Å²) in [6.45, 7) is 2.79. The van der Waals surface area contributed by atoms with E-state index >= 15 is 0 Å². The Kier molecular flexibility index (Phi) is 6.24. The highest BCUT2D eigenvalue weighted by Crippen LogP contribution is 2.30. The lowest BCUT2D eigenvalue weighted by Gasteiger charge is -2.09. The van der Waals surface area contributed by atoms with Crippen molar-refractivity contribution in [3.8, 4) is 17.0 Å². The van der Waals surface area contributed by atoms with Crippen LogP contribution in [0.3, 0.4) is 0 Å². The Hall–Kier alpha value is -3.30. The molecule has 1 N–H and O–H groups in total. The van der Waals surface area contributed by atoms with E-state index in [0.717, 1.165) is 34.0 Å². The van der Waals surface area contributed by atoms with Gasteiger partial charge in [-0.2, -0.15) is 5.10 Å². The smallest absolute Gasteiger partial charge is 0.188 e. The number of halogens is 1. The van der Waals surface area contributed by atoms with Crippen molar-refractivity contribution in [1.29, 1.82) is 0 Å². The van der Waals surface area contributed by atoms with Crippen LogP contribution in [0.1, 0.15) is 17.0 Å². The van der Waals surface area contributed by atoms with Crippen molar-refractivity contribution in [2.75, 3.05) is 19.5 Å². The van der Waals surface area contributed by atoms with Crippen LogP contribution in [0.2, 0.25) is 0 Å². The zero-order valence-corrected chi connectivity index (χ0v) is 18.2. The van der Waals surface area contributed by atoms with Crippen LogP contribution in [0, 0.1) is 12.7 Å². The van der Waals surface area contributed by atoms with Crippen LogP contribution < -0.4 is 10.1 Å². The van der Waals surface area contributed by atoms with Gasteiger partial charge in [-0.3, -0.25) is 4.68 Å². The molecule has 3 heterocycles. The van der Waals surface area contributed by atoms with Gasteiger partial charge in [0.05, 0.1) is 37.8 Å². The maximum atomic E-state index is 14.0. The van der Waals surface area contributed by atoms with Gasteiger partial charge >= 0.3 is 0 Å². The summed E-state index contributed by atoms with van der Waals surface area (Å²) in [5.74, 6) is 0.548. The van der Waals surface area contributed by atoms with Crippen LogP contribution in [0.4, 0.5) is 15.3 Å². The second-order valence-corrected chi connectivity index (χ2v) is 7.75. The maximum absolute atomic E-state index is 14.0. The van der Waals surface area contributed by atoms with Crippen LogP contribution in [0.25, 0.3) is 11.3 Å². The Bertz CT molecular complexity index is 1170. The lowest BCUT2D eigenvalue weighted by Crippen LogP contribution is -2.07. The second kappa shape index (κ2) is 9.23. The highest BCUT2D eigenvalue weighted by Gasteiger charge is 2.16. The molecule has 0 unspecified atom stereocenters. The van der Waals surface area contributed by atoms with Crippen LogP contribution in [0.5, 0.6) is 5.75 Å². The highest BCUT2D eigenvalue weighted by molar-refractivity contribution is 7.14. The number of aryl methyl sites for hydroxylation is 1. The molecule has 0 bridgehead atoms. The number of rotatable bonds is 8. The summed E-state index contributed by atoms with van der Waals surface area (Å²) in [5.41, 5.74) is 4.35. The third-order valence-electron chi connectivity index (χ3n) is 4.71. The van der Waals surface area contributed by atoms with Crippen molar-refractivity contribution >= 4 is 22.3 Å². The molecule has 4 rings (SSSR count). The quantitative estimate of drug-likeness (QED) is 0.425. The lowest BCUT2D eigenvalue weighted by molar-refractivity contribution is 0.177. The number of methoxy groups -OCH3 is 2. The monoisotopic (exact) mass is 439 g/mol. The average molecular weight is 440 g/mol. The van der Waals surface area contributed by atoms with E-state index in [9.17, 15) is 4.39 Å². The van der Waals surface area contributed by atoms with Crippen LogP contribution in [-0.2, 0) is 17.9 Å². The number of ether oxygens (including phenoxy) is 2. The molecule has 0 aliphatic heterocycles. The molecule has 160 valence electrons. The molecule has 31 heavy (non-hydrogen) atoms. The van der Waals surface area contributed by atoms with Gasteiger partial charge in [-0.15, -0.1) is 11.3 Å². The normalized spacial score (nSPS) is 11.0. The molecule has 4 aromatic rings. The zero-order chi connectivity index (χ0) is 21.8. The maximum Gasteiger partial charge on any atom is 0.188 e. The van der Waals surface area contributed by atoms with Gasteiger partial charge in [-0.1, -0.05) is 12.1 Å². The summed E-state index contributed by atoms with van der Waals surface area (Å²) in [4.78, 5) is 8.80. The first kappa shape index (κ1) is 21.0. The number of anilines is 2. The van der Waals surface area contributed by atoms with Gasteiger partial charge < -0.3 is 14.8 Å². The first-order chi connectivity index (χ1) is 15.1. The molecular formula is C22H22FN5O2S. The van der Waals surface area contributed by atoms with Gasteiger partial charge in [0.1, 0.15) is 5.75 Å². The summed E-state index contributed by atoms with van der Waals surface area (Å²) in [6.07, 6.45) is 1.78. The molecule has 0 aliphatic carbocycles. The van der Waals surface area contributed by atoms with Crippen LogP contribution >= 0.6 is 11.3 Å². The Morgan fingerprint density at radius 2 is 1.90 bits per heavy atom. The number of benzene rings is 1. The van der Waals surface area contributed by atoms with Gasteiger partial charge in [0.15, 0.2) is 16.8 Å². The van der Waals surface area contributed by atoms with Crippen molar-refractivity contribution in [3.05, 3.63) is 70.7 Å². The van der Waals surface area contributed by atoms with E-state index < -0.39 is 5.82 Å². The van der Waals surface area contributed by atoms with Crippen LogP contribution in [0.15, 0.2) is 48.0 Å². The van der Waals surface area contributed by atoms with E-state index in [0.29, 0.717) is 18.3 Å². The number of nitrogens with one attached hydrogen (secondary N) is 1. The SMILES string of the molecule is COCc1c(-c2csc(Nc3nc(C)ccc3F)n2)cnn1Cc1ccc(OC)cc1. The van der Waals surface area contributed by atoms with Gasteiger partial charge in [0, 0.05) is 23.7 Å². The van der Waals surface area contributed by atoms with E-state index in [1.807, 2.05) is 41.3 Å². The third kappa shape index (κ3) is 4.73. The highest BCUT2D eigenvalue weighted by atomic mass is 32.1. The molecule has 1 aromatic carbocycles. The molecule has 0 spiro atoms. The largest absolute Gasteiger partial charge is 0.497 e. The summed E-state index contributed by atoms with van der Waals surface area (Å²) in [5, 5.41) is 9.97. The van der Waals surface area contributed by atoms with Gasteiger partial charge in [0.2, 0.25) is 0 Å². The first-order valence-corrected chi connectivity index (χ1v) is 10.5. The summed E-state index contributed by atoms with van der Waals surface area (Å²) >= 11 is 1.38. The predicted octanol–water partition coefficient (Wildman–Crippen LogP) is 4.80. The molecule has 0 aliphatic rings. The minimum atomic E-state index is -0.422. The second-order valence-electron chi connectivity index (χ2n) is 6.89. The Morgan fingerprint density at radius 3 is 2.65 bits per heavy atom. The lowest BCUT2D eigenvalue weighted by atomic mass is 10.2. The van der Waals surface area contributed by atoms with Crippen molar-refractivity contribution in [3.63, 3.8) is 0 Å². The fraction of sp³-hybridized carbons (Fsp3) is 0.227. The summed E-state index contributed by atoms with van der Waals surface area (Å²) < 4.78 is 26.6. The summed E-state index contributed by atoms with van der Waals surface area (Å²) in [7, 11) is 3.29. The molecule has 7 nitrogen and oxygen atoms in total. The molecule has 0 saturated carbocycles. The topological polar surface area (TPSA) is 74.1 Å². The van der Waals surface area contributed by atoms with Crippen molar-refractivity contribution < 1.29 is 13.9 Å². The molecule has 0 amide bonds. The third-order valence-corrected chi connectivity index (χ3v) is 5.47. The minimum absolute atomic E-state index is 0.160. The molecule has 0 radical (unpaired) electrons. The molecule has 9 heteroatoms.